The first kappa shape index (κ1) is 6.86. The van der Waals surface area contributed by atoms with Crippen molar-refractivity contribution < 1.29 is 4.42 Å². The van der Waals surface area contributed by atoms with Crippen molar-refractivity contribution in [2.75, 3.05) is 14.1 Å². The second-order valence-corrected chi connectivity index (χ2v) is 2.15. The summed E-state index contributed by atoms with van der Waals surface area (Å²) in [4.78, 5) is 0. The van der Waals surface area contributed by atoms with E-state index in [9.17, 15) is 0 Å². The van der Waals surface area contributed by atoms with Crippen LogP contribution in [0.2, 0.25) is 0 Å². The first-order valence-electron chi connectivity index (χ1n) is 3.02. The molecule has 0 amide bonds. The molecule has 54 valence electrons. The minimum Gasteiger partial charge on any atom is -0.472 e. The quantitative estimate of drug-likeness (QED) is 0.453. The third-order valence-electron chi connectivity index (χ3n) is 0.981. The van der Waals surface area contributed by atoms with Crippen molar-refractivity contribution >= 4 is 6.21 Å². The third kappa shape index (κ3) is 1.93. The number of hydrogen-bond acceptors (Lipinski definition) is 3. The van der Waals surface area contributed by atoms with Crippen LogP contribution in [0.25, 0.3) is 0 Å². The van der Waals surface area contributed by atoms with Gasteiger partial charge in [0.05, 0.1) is 18.7 Å². The van der Waals surface area contributed by atoms with Crippen molar-refractivity contribution in [1.29, 1.82) is 0 Å². The summed E-state index contributed by atoms with van der Waals surface area (Å²) in [6.07, 6.45) is 5.01. The van der Waals surface area contributed by atoms with E-state index in [1.54, 1.807) is 23.7 Å². The Morgan fingerprint density at radius 2 is 2.40 bits per heavy atom. The van der Waals surface area contributed by atoms with Crippen LogP contribution < -0.4 is 0 Å². The number of furan rings is 1. The SMILES string of the molecule is CN(C)/N=C/c1ccoc1. The van der Waals surface area contributed by atoms with Crippen molar-refractivity contribution in [2.45, 2.75) is 0 Å². The fourth-order valence-electron chi connectivity index (χ4n) is 0.531. The second-order valence-electron chi connectivity index (χ2n) is 2.15. The van der Waals surface area contributed by atoms with Gasteiger partial charge in [-0.25, -0.2) is 0 Å². The number of hydrogen-bond donors (Lipinski definition) is 0. The second kappa shape index (κ2) is 3.06. The van der Waals surface area contributed by atoms with E-state index in [1.165, 1.54) is 0 Å². The van der Waals surface area contributed by atoms with Crippen LogP contribution in [-0.4, -0.2) is 25.3 Å². The molecule has 1 aromatic rings. The molecular weight excluding hydrogens is 128 g/mol. The van der Waals surface area contributed by atoms with Crippen LogP contribution in [0.3, 0.4) is 0 Å². The van der Waals surface area contributed by atoms with Crippen LogP contribution >= 0.6 is 0 Å². The summed E-state index contributed by atoms with van der Waals surface area (Å²) in [5.74, 6) is 0. The van der Waals surface area contributed by atoms with Gasteiger partial charge in [0, 0.05) is 19.7 Å². The lowest BCUT2D eigenvalue weighted by atomic mass is 10.4. The molecule has 0 atom stereocenters. The number of nitrogens with zero attached hydrogens (tertiary/aromatic N) is 2. The first-order valence-corrected chi connectivity index (χ1v) is 3.02. The van der Waals surface area contributed by atoms with E-state index >= 15 is 0 Å². The fourth-order valence-corrected chi connectivity index (χ4v) is 0.531. The van der Waals surface area contributed by atoms with Gasteiger partial charge in [-0.3, -0.25) is 0 Å². The highest BCUT2D eigenvalue weighted by molar-refractivity contribution is 5.78. The molecular formula is C7H10N2O. The maximum atomic E-state index is 4.84. The van der Waals surface area contributed by atoms with Crippen molar-refractivity contribution in [3.05, 3.63) is 24.2 Å². The monoisotopic (exact) mass is 138 g/mol. The van der Waals surface area contributed by atoms with Gasteiger partial charge in [0.25, 0.3) is 0 Å². The van der Waals surface area contributed by atoms with Gasteiger partial charge >= 0.3 is 0 Å². The summed E-state index contributed by atoms with van der Waals surface area (Å²) in [6, 6.07) is 1.85. The Bertz CT molecular complexity index is 201. The van der Waals surface area contributed by atoms with Crippen LogP contribution in [0.15, 0.2) is 28.1 Å². The lowest BCUT2D eigenvalue weighted by molar-refractivity contribution is 0.440. The average Bonchev–Trinajstić information content (AvgIpc) is 2.34. The zero-order chi connectivity index (χ0) is 7.40. The van der Waals surface area contributed by atoms with Gasteiger partial charge < -0.3 is 9.43 Å². The topological polar surface area (TPSA) is 28.7 Å². The van der Waals surface area contributed by atoms with Crippen LogP contribution in [0.4, 0.5) is 0 Å². The molecule has 0 N–H and O–H groups in total. The highest BCUT2D eigenvalue weighted by Crippen LogP contribution is 1.94. The molecule has 0 aliphatic carbocycles. The van der Waals surface area contributed by atoms with Crippen molar-refractivity contribution in [3.63, 3.8) is 0 Å². The standard InChI is InChI=1S/C7H10N2O/c1-9(2)8-5-7-3-4-10-6-7/h3-6H,1-2H3/b8-5+. The lowest BCUT2D eigenvalue weighted by Crippen LogP contribution is -2.01. The van der Waals surface area contributed by atoms with Crippen molar-refractivity contribution in [3.8, 4) is 0 Å². The molecule has 3 nitrogen and oxygen atoms in total. The summed E-state index contributed by atoms with van der Waals surface area (Å²) >= 11 is 0. The molecule has 1 heterocycles. The highest BCUT2D eigenvalue weighted by atomic mass is 16.3. The van der Waals surface area contributed by atoms with Gasteiger partial charge in [0.1, 0.15) is 0 Å². The molecule has 0 unspecified atom stereocenters. The molecule has 1 rings (SSSR count). The molecule has 0 aromatic carbocycles. The van der Waals surface area contributed by atoms with E-state index < -0.39 is 0 Å². The van der Waals surface area contributed by atoms with Crippen LogP contribution in [-0.2, 0) is 0 Å². The Morgan fingerprint density at radius 3 is 2.90 bits per heavy atom. The molecule has 0 bridgehead atoms. The Labute approximate surface area is 59.9 Å². The Balaban J connectivity index is 2.55. The summed E-state index contributed by atoms with van der Waals surface area (Å²) in [6.45, 7) is 0. The zero-order valence-corrected chi connectivity index (χ0v) is 6.11. The van der Waals surface area contributed by atoms with Gasteiger partial charge in [-0.05, 0) is 6.07 Å². The largest absolute Gasteiger partial charge is 0.472 e. The molecule has 0 radical (unpaired) electrons. The van der Waals surface area contributed by atoms with E-state index in [-0.39, 0.29) is 0 Å². The van der Waals surface area contributed by atoms with Gasteiger partial charge in [-0.1, -0.05) is 0 Å². The smallest absolute Gasteiger partial charge is 0.0991 e. The zero-order valence-electron chi connectivity index (χ0n) is 6.11. The molecule has 0 saturated heterocycles. The minimum atomic E-state index is 0.980. The molecule has 0 saturated carbocycles. The summed E-state index contributed by atoms with van der Waals surface area (Å²) in [7, 11) is 3.74. The average molecular weight is 138 g/mol. The molecule has 0 fully saturated rings. The van der Waals surface area contributed by atoms with Crippen LogP contribution in [0.1, 0.15) is 5.56 Å². The van der Waals surface area contributed by atoms with E-state index in [4.69, 9.17) is 4.42 Å². The Morgan fingerprint density at radius 1 is 1.60 bits per heavy atom. The molecule has 0 aliphatic heterocycles. The molecule has 3 heteroatoms. The molecule has 10 heavy (non-hydrogen) atoms. The fraction of sp³-hybridized carbons (Fsp3) is 0.286. The number of hydrazone groups is 1. The van der Waals surface area contributed by atoms with Gasteiger partial charge in [-0.15, -0.1) is 0 Å². The van der Waals surface area contributed by atoms with Gasteiger partial charge in [0.2, 0.25) is 0 Å². The van der Waals surface area contributed by atoms with Crippen LogP contribution in [0, 0.1) is 0 Å². The first-order chi connectivity index (χ1) is 4.79. The molecule has 0 aliphatic rings. The molecule has 1 aromatic heterocycles. The molecule has 0 spiro atoms. The summed E-state index contributed by atoms with van der Waals surface area (Å²) in [5, 5.41) is 5.74. The predicted octanol–water partition coefficient (Wildman–Crippen LogP) is 1.18. The van der Waals surface area contributed by atoms with Crippen molar-refractivity contribution in [2.24, 2.45) is 5.10 Å². The summed E-state index contributed by atoms with van der Waals surface area (Å²) < 4.78 is 4.84. The van der Waals surface area contributed by atoms with Gasteiger partial charge in [0.15, 0.2) is 0 Å². The number of rotatable bonds is 2. The van der Waals surface area contributed by atoms with E-state index in [2.05, 4.69) is 5.10 Å². The Kier molecular flexibility index (Phi) is 2.10. The minimum absolute atomic E-state index is 0.980. The normalized spacial score (nSPS) is 10.6. The van der Waals surface area contributed by atoms with Gasteiger partial charge in [-0.2, -0.15) is 5.10 Å². The van der Waals surface area contributed by atoms with E-state index in [1.807, 2.05) is 20.2 Å². The lowest BCUT2D eigenvalue weighted by Gasteiger charge is -2.00. The van der Waals surface area contributed by atoms with E-state index in [0.717, 1.165) is 5.56 Å². The summed E-state index contributed by atoms with van der Waals surface area (Å²) in [5.41, 5.74) is 0.980. The highest BCUT2D eigenvalue weighted by Gasteiger charge is 1.86. The maximum Gasteiger partial charge on any atom is 0.0991 e. The third-order valence-corrected chi connectivity index (χ3v) is 0.981. The van der Waals surface area contributed by atoms with E-state index in [0.29, 0.717) is 0 Å². The Hall–Kier alpha value is -1.25. The predicted molar refractivity (Wildman–Crippen MR) is 40.0 cm³/mol. The van der Waals surface area contributed by atoms with Crippen LogP contribution in [0.5, 0.6) is 0 Å². The van der Waals surface area contributed by atoms with Crippen molar-refractivity contribution in [1.82, 2.24) is 5.01 Å². The maximum absolute atomic E-state index is 4.84.